The number of pyridine rings is 1. The van der Waals surface area contributed by atoms with Crippen LogP contribution in [-0.2, 0) is 0 Å². The monoisotopic (exact) mass is 343 g/mol. The number of nitro groups is 1. The second kappa shape index (κ2) is 6.48. The largest absolute Gasteiger partial charge is 0.383 e. The van der Waals surface area contributed by atoms with E-state index >= 15 is 0 Å². The van der Waals surface area contributed by atoms with Crippen LogP contribution in [0.2, 0.25) is 0 Å². The minimum atomic E-state index is -0.401. The molecular formula is C16H17N5O2S. The van der Waals surface area contributed by atoms with Crippen molar-refractivity contribution in [3.8, 4) is 0 Å². The van der Waals surface area contributed by atoms with Crippen molar-refractivity contribution in [2.24, 2.45) is 10.7 Å². The summed E-state index contributed by atoms with van der Waals surface area (Å²) in [7, 11) is 1.67. The van der Waals surface area contributed by atoms with Crippen LogP contribution >= 0.6 is 11.8 Å². The number of nitro benzene ring substituents is 1. The zero-order valence-electron chi connectivity index (χ0n) is 13.3. The van der Waals surface area contributed by atoms with Crippen molar-refractivity contribution in [3.63, 3.8) is 0 Å². The molecule has 0 spiro atoms. The van der Waals surface area contributed by atoms with Crippen molar-refractivity contribution in [2.75, 3.05) is 12.4 Å². The van der Waals surface area contributed by atoms with Gasteiger partial charge in [-0.25, -0.2) is 0 Å². The first-order valence-electron chi connectivity index (χ1n) is 7.39. The van der Waals surface area contributed by atoms with E-state index in [1.807, 2.05) is 25.1 Å². The Morgan fingerprint density at radius 3 is 2.79 bits per heavy atom. The zero-order chi connectivity index (χ0) is 17.3. The van der Waals surface area contributed by atoms with Gasteiger partial charge in [-0.05, 0) is 30.7 Å². The Hall–Kier alpha value is -2.61. The van der Waals surface area contributed by atoms with Gasteiger partial charge in [-0.3, -0.25) is 20.1 Å². The van der Waals surface area contributed by atoms with Gasteiger partial charge >= 0.3 is 0 Å². The van der Waals surface area contributed by atoms with Crippen molar-refractivity contribution in [2.45, 2.75) is 18.2 Å². The van der Waals surface area contributed by atoms with E-state index in [0.29, 0.717) is 10.9 Å². The Labute approximate surface area is 143 Å². The maximum Gasteiger partial charge on any atom is 0.292 e. The number of aryl methyl sites for hydroxylation is 1. The smallest absolute Gasteiger partial charge is 0.292 e. The highest BCUT2D eigenvalue weighted by atomic mass is 32.2. The molecular weight excluding hydrogens is 326 g/mol. The molecule has 0 saturated heterocycles. The first-order valence-corrected chi connectivity index (χ1v) is 8.27. The molecule has 0 saturated carbocycles. The molecule has 2 atom stereocenters. The molecule has 1 aromatic carbocycles. The van der Waals surface area contributed by atoms with Crippen LogP contribution in [0.4, 0.5) is 11.4 Å². The minimum absolute atomic E-state index is 0.0448. The number of hydrogen-bond acceptors (Lipinski definition) is 7. The van der Waals surface area contributed by atoms with Crippen LogP contribution < -0.4 is 11.1 Å². The van der Waals surface area contributed by atoms with Crippen LogP contribution in [0, 0.1) is 17.0 Å². The second-order valence-corrected chi connectivity index (χ2v) is 6.60. The maximum atomic E-state index is 11.1. The molecule has 3 N–H and O–H groups in total. The van der Waals surface area contributed by atoms with Crippen LogP contribution in [0.1, 0.15) is 28.2 Å². The number of benzene rings is 1. The molecule has 2 heterocycles. The summed E-state index contributed by atoms with van der Waals surface area (Å²) in [6.45, 7) is 1.93. The van der Waals surface area contributed by atoms with E-state index in [1.165, 1.54) is 17.8 Å². The molecule has 2 aromatic rings. The molecule has 1 aliphatic rings. The summed E-state index contributed by atoms with van der Waals surface area (Å²) in [5.41, 5.74) is 9.14. The van der Waals surface area contributed by atoms with E-state index < -0.39 is 4.92 Å². The average molecular weight is 343 g/mol. The number of nitrogens with zero attached hydrogens (tertiary/aromatic N) is 3. The fourth-order valence-corrected chi connectivity index (χ4v) is 3.77. The van der Waals surface area contributed by atoms with Gasteiger partial charge in [0.2, 0.25) is 0 Å². The lowest BCUT2D eigenvalue weighted by Gasteiger charge is -2.18. The van der Waals surface area contributed by atoms with Gasteiger partial charge in [0.1, 0.15) is 11.7 Å². The van der Waals surface area contributed by atoms with Crippen LogP contribution in [0.25, 0.3) is 0 Å². The van der Waals surface area contributed by atoms with Crippen molar-refractivity contribution in [3.05, 3.63) is 63.5 Å². The van der Waals surface area contributed by atoms with Crippen LogP contribution in [0.5, 0.6) is 0 Å². The summed E-state index contributed by atoms with van der Waals surface area (Å²) in [5.74, 6) is 0. The van der Waals surface area contributed by atoms with Crippen LogP contribution in [0.15, 0.2) is 41.4 Å². The fraction of sp³-hybridized carbons (Fsp3) is 0.250. The lowest BCUT2D eigenvalue weighted by Crippen LogP contribution is -2.06. The number of hydrogen-bond donors (Lipinski definition) is 2. The summed E-state index contributed by atoms with van der Waals surface area (Å²) < 4.78 is 0. The molecule has 0 amide bonds. The number of aromatic nitrogens is 1. The number of rotatable bonds is 4. The van der Waals surface area contributed by atoms with Gasteiger partial charge in [0.15, 0.2) is 5.17 Å². The summed E-state index contributed by atoms with van der Waals surface area (Å²) in [5, 5.41) is 14.4. The molecule has 0 fully saturated rings. The number of thioether (sulfide) groups is 1. The normalized spacial score (nSPS) is 19.8. The quantitative estimate of drug-likeness (QED) is 0.652. The number of nitrogens with one attached hydrogen (secondary N) is 1. The summed E-state index contributed by atoms with van der Waals surface area (Å²) in [6, 6.07) is 10.6. The molecule has 24 heavy (non-hydrogen) atoms. The molecule has 8 heteroatoms. The lowest BCUT2D eigenvalue weighted by atomic mass is 10.0. The van der Waals surface area contributed by atoms with Crippen molar-refractivity contribution in [1.29, 1.82) is 0 Å². The van der Waals surface area contributed by atoms with E-state index in [-0.39, 0.29) is 17.0 Å². The second-order valence-electron chi connectivity index (χ2n) is 5.44. The highest BCUT2D eigenvalue weighted by molar-refractivity contribution is 8.14. The first kappa shape index (κ1) is 16.3. The molecule has 7 nitrogen and oxygen atoms in total. The Morgan fingerprint density at radius 2 is 2.12 bits per heavy atom. The van der Waals surface area contributed by atoms with Gasteiger partial charge in [-0.15, -0.1) is 0 Å². The molecule has 3 rings (SSSR count). The van der Waals surface area contributed by atoms with Gasteiger partial charge in [-0.2, -0.15) is 0 Å². The summed E-state index contributed by atoms with van der Waals surface area (Å²) >= 11 is 1.45. The molecule has 0 radical (unpaired) electrons. The Balaban J connectivity index is 2.00. The Kier molecular flexibility index (Phi) is 4.39. The third-order valence-corrected chi connectivity index (χ3v) is 4.96. The molecule has 0 bridgehead atoms. The molecule has 1 aliphatic heterocycles. The van der Waals surface area contributed by atoms with Gasteiger partial charge in [0, 0.05) is 18.8 Å². The van der Waals surface area contributed by atoms with E-state index in [4.69, 9.17) is 5.73 Å². The van der Waals surface area contributed by atoms with Crippen LogP contribution in [-0.4, -0.2) is 22.1 Å². The van der Waals surface area contributed by atoms with E-state index in [2.05, 4.69) is 15.3 Å². The van der Waals surface area contributed by atoms with Crippen molar-refractivity contribution in [1.82, 2.24) is 4.98 Å². The van der Waals surface area contributed by atoms with Gasteiger partial charge in [0.25, 0.3) is 5.69 Å². The maximum absolute atomic E-state index is 11.1. The average Bonchev–Trinajstić information content (AvgIpc) is 2.96. The first-order chi connectivity index (χ1) is 11.5. The summed E-state index contributed by atoms with van der Waals surface area (Å²) in [4.78, 5) is 19.8. The minimum Gasteiger partial charge on any atom is -0.383 e. The van der Waals surface area contributed by atoms with Gasteiger partial charge < -0.3 is 11.1 Å². The van der Waals surface area contributed by atoms with E-state index in [0.717, 1.165) is 17.0 Å². The topological polar surface area (TPSA) is 106 Å². The van der Waals surface area contributed by atoms with Gasteiger partial charge in [0.05, 0.1) is 15.9 Å². The highest BCUT2D eigenvalue weighted by Crippen LogP contribution is 2.48. The third-order valence-electron chi connectivity index (χ3n) is 3.83. The predicted octanol–water partition coefficient (Wildman–Crippen LogP) is 3.18. The predicted molar refractivity (Wildman–Crippen MR) is 96.3 cm³/mol. The molecule has 124 valence electrons. The number of nitrogens with two attached hydrogens (primary N) is 1. The fourth-order valence-electron chi connectivity index (χ4n) is 2.72. The van der Waals surface area contributed by atoms with Gasteiger partial charge in [-0.1, -0.05) is 23.9 Å². The number of aliphatic imine (C=N–C) groups is 1. The van der Waals surface area contributed by atoms with Crippen LogP contribution in [0.3, 0.4) is 0 Å². The van der Waals surface area contributed by atoms with E-state index in [9.17, 15) is 10.1 Å². The Bertz CT molecular complexity index is 824. The number of amidine groups is 1. The lowest BCUT2D eigenvalue weighted by molar-refractivity contribution is -0.383. The SMILES string of the molecule is CNc1cc(C2SC(N)=NC2c2cccc(C)n2)ccc1[N+](=O)[O-]. The molecule has 0 aliphatic carbocycles. The number of anilines is 1. The third kappa shape index (κ3) is 3.05. The Morgan fingerprint density at radius 1 is 1.33 bits per heavy atom. The highest BCUT2D eigenvalue weighted by Gasteiger charge is 2.33. The van der Waals surface area contributed by atoms with Crippen molar-refractivity contribution < 1.29 is 4.92 Å². The standard InChI is InChI=1S/C16H17N5O2S/c1-9-4-3-5-11(19-9)14-15(24-16(17)20-14)10-6-7-13(21(22)23)12(8-10)18-2/h3-8,14-15,18H,1-2H3,(H2,17,20). The zero-order valence-corrected chi connectivity index (χ0v) is 14.1. The van der Waals surface area contributed by atoms with E-state index in [1.54, 1.807) is 19.2 Å². The summed E-state index contributed by atoms with van der Waals surface area (Å²) in [6.07, 6.45) is 0. The van der Waals surface area contributed by atoms with Crippen molar-refractivity contribution >= 4 is 28.3 Å². The molecule has 1 aromatic heterocycles. The molecule has 2 unspecified atom stereocenters.